The second-order valence-electron chi connectivity index (χ2n) is 5.06. The van der Waals surface area contributed by atoms with Crippen LogP contribution in [-0.2, 0) is 16.6 Å². The van der Waals surface area contributed by atoms with Crippen molar-refractivity contribution in [1.29, 1.82) is 0 Å². The molecular formula is C13H25N3O2S2. The van der Waals surface area contributed by atoms with E-state index in [4.69, 9.17) is 0 Å². The quantitative estimate of drug-likeness (QED) is 0.700. The van der Waals surface area contributed by atoms with Crippen molar-refractivity contribution in [2.45, 2.75) is 24.8 Å². The van der Waals surface area contributed by atoms with E-state index in [0.717, 1.165) is 24.4 Å². The topological polar surface area (TPSA) is 52.7 Å². The predicted octanol–water partition coefficient (Wildman–Crippen LogP) is 1.43. The molecule has 1 aromatic heterocycles. The average Bonchev–Trinajstić information content (AvgIpc) is 2.85. The Bertz CT molecular complexity index is 497. The number of likely N-dealkylation sites (N-methyl/N-ethyl adjacent to an activating group) is 2. The SMILES string of the molecule is CCCNCc1cc(S(=O)(=O)N(C)CCN(C)C)cs1. The van der Waals surface area contributed by atoms with Gasteiger partial charge in [0.2, 0.25) is 10.0 Å². The largest absolute Gasteiger partial charge is 0.312 e. The highest BCUT2D eigenvalue weighted by Crippen LogP contribution is 2.21. The third-order valence-corrected chi connectivity index (χ3v) is 5.85. The van der Waals surface area contributed by atoms with Crippen molar-refractivity contribution in [3.05, 3.63) is 16.3 Å². The summed E-state index contributed by atoms with van der Waals surface area (Å²) in [5.41, 5.74) is 0. The van der Waals surface area contributed by atoms with Crippen molar-refractivity contribution in [3.63, 3.8) is 0 Å². The fourth-order valence-electron chi connectivity index (χ4n) is 1.62. The van der Waals surface area contributed by atoms with Crippen LogP contribution in [0.4, 0.5) is 0 Å². The Morgan fingerprint density at radius 1 is 1.25 bits per heavy atom. The molecule has 0 saturated heterocycles. The maximum Gasteiger partial charge on any atom is 0.243 e. The molecule has 0 aliphatic carbocycles. The zero-order valence-corrected chi connectivity index (χ0v) is 14.4. The second kappa shape index (κ2) is 8.09. The molecule has 0 spiro atoms. The molecular weight excluding hydrogens is 294 g/mol. The lowest BCUT2D eigenvalue weighted by Crippen LogP contribution is -2.33. The average molecular weight is 319 g/mol. The van der Waals surface area contributed by atoms with Gasteiger partial charge in [-0.25, -0.2) is 8.42 Å². The van der Waals surface area contributed by atoms with Gasteiger partial charge in [-0.3, -0.25) is 0 Å². The normalized spacial score (nSPS) is 12.5. The van der Waals surface area contributed by atoms with E-state index in [9.17, 15) is 8.42 Å². The van der Waals surface area contributed by atoms with Gasteiger partial charge in [0.05, 0.1) is 4.90 Å². The van der Waals surface area contributed by atoms with E-state index in [-0.39, 0.29) is 0 Å². The first-order valence-corrected chi connectivity index (χ1v) is 9.09. The standard InChI is InChI=1S/C13H25N3O2S2/c1-5-6-14-10-12-9-13(11-19-12)20(17,18)16(4)8-7-15(2)3/h9,11,14H,5-8,10H2,1-4H3. The van der Waals surface area contributed by atoms with Gasteiger partial charge in [0.1, 0.15) is 0 Å². The van der Waals surface area contributed by atoms with E-state index in [1.54, 1.807) is 18.5 Å². The van der Waals surface area contributed by atoms with Crippen LogP contribution in [0.5, 0.6) is 0 Å². The summed E-state index contributed by atoms with van der Waals surface area (Å²) in [7, 11) is 2.14. The Labute approximate surface area is 126 Å². The molecule has 5 nitrogen and oxygen atoms in total. The molecule has 20 heavy (non-hydrogen) atoms. The van der Waals surface area contributed by atoms with Crippen LogP contribution < -0.4 is 5.32 Å². The van der Waals surface area contributed by atoms with Crippen LogP contribution in [0, 0.1) is 0 Å². The smallest absolute Gasteiger partial charge is 0.243 e. The zero-order valence-electron chi connectivity index (χ0n) is 12.7. The van der Waals surface area contributed by atoms with Crippen molar-refractivity contribution < 1.29 is 8.42 Å². The summed E-state index contributed by atoms with van der Waals surface area (Å²) in [5, 5.41) is 5.01. The Morgan fingerprint density at radius 3 is 2.55 bits per heavy atom. The predicted molar refractivity (Wildman–Crippen MR) is 84.7 cm³/mol. The Hall–Kier alpha value is -0.470. The molecule has 0 atom stereocenters. The summed E-state index contributed by atoms with van der Waals surface area (Å²) in [6.07, 6.45) is 1.07. The number of hydrogen-bond donors (Lipinski definition) is 1. The highest BCUT2D eigenvalue weighted by molar-refractivity contribution is 7.89. The van der Waals surface area contributed by atoms with Crippen LogP contribution in [-0.4, -0.2) is 58.4 Å². The molecule has 0 unspecified atom stereocenters. The Balaban J connectivity index is 2.67. The van der Waals surface area contributed by atoms with E-state index < -0.39 is 10.0 Å². The summed E-state index contributed by atoms with van der Waals surface area (Å²) in [6.45, 7) is 4.99. The molecule has 0 amide bonds. The van der Waals surface area contributed by atoms with Crippen molar-refractivity contribution in [2.24, 2.45) is 0 Å². The number of sulfonamides is 1. The van der Waals surface area contributed by atoms with Gasteiger partial charge in [-0.2, -0.15) is 4.31 Å². The first kappa shape index (κ1) is 17.6. The molecule has 1 heterocycles. The summed E-state index contributed by atoms with van der Waals surface area (Å²) in [6, 6.07) is 1.77. The highest BCUT2D eigenvalue weighted by Gasteiger charge is 2.21. The van der Waals surface area contributed by atoms with Crippen molar-refractivity contribution >= 4 is 21.4 Å². The minimum Gasteiger partial charge on any atom is -0.312 e. The van der Waals surface area contributed by atoms with Crippen molar-refractivity contribution in [1.82, 2.24) is 14.5 Å². The van der Waals surface area contributed by atoms with Gasteiger partial charge in [0.15, 0.2) is 0 Å². The van der Waals surface area contributed by atoms with E-state index in [0.29, 0.717) is 18.0 Å². The number of nitrogens with zero attached hydrogens (tertiary/aromatic N) is 2. The molecule has 0 aliphatic rings. The molecule has 0 aliphatic heterocycles. The van der Waals surface area contributed by atoms with Gasteiger partial charge >= 0.3 is 0 Å². The zero-order chi connectivity index (χ0) is 15.2. The number of nitrogens with one attached hydrogen (secondary N) is 1. The lowest BCUT2D eigenvalue weighted by molar-refractivity contribution is 0.358. The minimum absolute atomic E-state index is 0.400. The first-order valence-electron chi connectivity index (χ1n) is 6.77. The minimum atomic E-state index is -3.36. The monoisotopic (exact) mass is 319 g/mol. The second-order valence-corrected chi connectivity index (χ2v) is 8.10. The molecule has 0 saturated carbocycles. The van der Waals surface area contributed by atoms with E-state index in [1.807, 2.05) is 19.0 Å². The van der Waals surface area contributed by atoms with E-state index >= 15 is 0 Å². The molecule has 7 heteroatoms. The molecule has 1 N–H and O–H groups in total. The third-order valence-electron chi connectivity index (χ3n) is 2.93. The third kappa shape index (κ3) is 5.14. The summed E-state index contributed by atoms with van der Waals surface area (Å²) < 4.78 is 26.2. The van der Waals surface area contributed by atoms with Gasteiger partial charge in [-0.05, 0) is 33.1 Å². The van der Waals surface area contributed by atoms with Gasteiger partial charge < -0.3 is 10.2 Å². The number of hydrogen-bond acceptors (Lipinski definition) is 5. The Morgan fingerprint density at radius 2 is 1.95 bits per heavy atom. The van der Waals surface area contributed by atoms with E-state index in [1.165, 1.54) is 15.6 Å². The van der Waals surface area contributed by atoms with Crippen LogP contribution in [0.3, 0.4) is 0 Å². The molecule has 1 aromatic rings. The number of thiophene rings is 1. The fraction of sp³-hybridized carbons (Fsp3) is 0.692. The fourth-order valence-corrected chi connectivity index (χ4v) is 4.01. The first-order chi connectivity index (χ1) is 9.37. The van der Waals surface area contributed by atoms with Gasteiger partial charge in [-0.15, -0.1) is 11.3 Å². The van der Waals surface area contributed by atoms with Crippen LogP contribution in [0.15, 0.2) is 16.3 Å². The molecule has 0 fully saturated rings. The van der Waals surface area contributed by atoms with Crippen LogP contribution >= 0.6 is 11.3 Å². The van der Waals surface area contributed by atoms with Gasteiger partial charge in [0.25, 0.3) is 0 Å². The summed E-state index contributed by atoms with van der Waals surface area (Å²) >= 11 is 1.49. The molecule has 0 aromatic carbocycles. The molecule has 0 bridgehead atoms. The molecule has 0 radical (unpaired) electrons. The van der Waals surface area contributed by atoms with E-state index in [2.05, 4.69) is 12.2 Å². The van der Waals surface area contributed by atoms with Crippen molar-refractivity contribution in [2.75, 3.05) is 40.8 Å². The molecule has 116 valence electrons. The van der Waals surface area contributed by atoms with Crippen LogP contribution in [0.2, 0.25) is 0 Å². The van der Waals surface area contributed by atoms with Crippen LogP contribution in [0.25, 0.3) is 0 Å². The maximum absolute atomic E-state index is 12.4. The Kier molecular flexibility index (Phi) is 7.11. The maximum atomic E-state index is 12.4. The molecule has 1 rings (SSSR count). The van der Waals surface area contributed by atoms with Crippen LogP contribution in [0.1, 0.15) is 18.2 Å². The van der Waals surface area contributed by atoms with Gasteiger partial charge in [-0.1, -0.05) is 6.92 Å². The van der Waals surface area contributed by atoms with Gasteiger partial charge in [0, 0.05) is 36.9 Å². The summed E-state index contributed by atoms with van der Waals surface area (Å²) in [4.78, 5) is 3.43. The lowest BCUT2D eigenvalue weighted by Gasteiger charge is -2.18. The lowest BCUT2D eigenvalue weighted by atomic mass is 10.4. The van der Waals surface area contributed by atoms with Crippen molar-refractivity contribution in [3.8, 4) is 0 Å². The summed E-state index contributed by atoms with van der Waals surface area (Å²) in [5.74, 6) is 0. The number of rotatable bonds is 9. The highest BCUT2D eigenvalue weighted by atomic mass is 32.2.